The number of nitrogens with zero attached hydrogens (tertiary/aromatic N) is 4. The lowest BCUT2D eigenvalue weighted by atomic mass is 10.1. The molecule has 1 aliphatic heterocycles. The minimum atomic E-state index is 0.215. The van der Waals surface area contributed by atoms with Gasteiger partial charge < -0.3 is 9.47 Å². The lowest BCUT2D eigenvalue weighted by molar-refractivity contribution is -0.128. The zero-order valence-electron chi connectivity index (χ0n) is 15.1. The number of carbonyl (C=O) groups excluding carboxylic acids is 1. The van der Waals surface area contributed by atoms with Gasteiger partial charge in [-0.3, -0.25) is 4.79 Å². The summed E-state index contributed by atoms with van der Waals surface area (Å²) in [5, 5.41) is 9.36. The van der Waals surface area contributed by atoms with E-state index in [1.165, 1.54) is 36.6 Å². The first-order chi connectivity index (χ1) is 12.1. The quantitative estimate of drug-likeness (QED) is 0.783. The van der Waals surface area contributed by atoms with Gasteiger partial charge in [-0.1, -0.05) is 60.9 Å². The molecule has 0 saturated carbocycles. The smallest absolute Gasteiger partial charge is 0.233 e. The molecule has 1 aromatic heterocycles. The standard InChI is InChI=1S/C19H26N4OS/c1-15-8-10-16(11-9-15)18-20-21-19(22(18)2)25-14-17(24)23-12-6-4-3-5-7-13-23/h8-11H,3-7,12-14H2,1-2H3. The number of thioether (sulfide) groups is 1. The Morgan fingerprint density at radius 1 is 1.04 bits per heavy atom. The second kappa shape index (κ2) is 8.52. The SMILES string of the molecule is Cc1ccc(-c2nnc(SCC(=O)N3CCCCCCC3)n2C)cc1. The molecule has 0 spiro atoms. The monoisotopic (exact) mass is 358 g/mol. The van der Waals surface area contributed by atoms with Gasteiger partial charge in [0.15, 0.2) is 11.0 Å². The van der Waals surface area contributed by atoms with Crippen LogP contribution in [-0.2, 0) is 11.8 Å². The number of carbonyl (C=O) groups is 1. The number of benzene rings is 1. The first-order valence-corrected chi connectivity index (χ1v) is 10.0. The molecule has 0 atom stereocenters. The molecule has 5 nitrogen and oxygen atoms in total. The van der Waals surface area contributed by atoms with Crippen molar-refractivity contribution in [2.24, 2.45) is 7.05 Å². The summed E-state index contributed by atoms with van der Waals surface area (Å²) in [5.74, 6) is 1.48. The highest BCUT2D eigenvalue weighted by atomic mass is 32.2. The fourth-order valence-electron chi connectivity index (χ4n) is 3.11. The number of hydrogen-bond donors (Lipinski definition) is 0. The number of amides is 1. The number of hydrogen-bond acceptors (Lipinski definition) is 4. The molecule has 2 heterocycles. The summed E-state index contributed by atoms with van der Waals surface area (Å²) >= 11 is 1.48. The van der Waals surface area contributed by atoms with Gasteiger partial charge in [-0.15, -0.1) is 10.2 Å². The molecule has 1 aliphatic rings. The molecule has 0 aliphatic carbocycles. The Hall–Kier alpha value is -1.82. The molecule has 6 heteroatoms. The van der Waals surface area contributed by atoms with Crippen molar-refractivity contribution in [2.75, 3.05) is 18.8 Å². The van der Waals surface area contributed by atoms with Crippen LogP contribution in [0.15, 0.2) is 29.4 Å². The molecule has 1 saturated heterocycles. The van der Waals surface area contributed by atoms with Crippen LogP contribution < -0.4 is 0 Å². The van der Waals surface area contributed by atoms with Crippen LogP contribution in [0.5, 0.6) is 0 Å². The highest BCUT2D eigenvalue weighted by Gasteiger charge is 2.17. The molecule has 0 unspecified atom stereocenters. The van der Waals surface area contributed by atoms with Crippen LogP contribution in [0.25, 0.3) is 11.4 Å². The van der Waals surface area contributed by atoms with Gasteiger partial charge in [-0.2, -0.15) is 0 Å². The van der Waals surface area contributed by atoms with Gasteiger partial charge in [0.1, 0.15) is 0 Å². The molecule has 1 amide bonds. The minimum Gasteiger partial charge on any atom is -0.342 e. The fourth-order valence-corrected chi connectivity index (χ4v) is 3.92. The van der Waals surface area contributed by atoms with Gasteiger partial charge in [0.25, 0.3) is 0 Å². The third kappa shape index (κ3) is 4.63. The molecule has 0 radical (unpaired) electrons. The Balaban J connectivity index is 1.61. The van der Waals surface area contributed by atoms with Gasteiger partial charge in [-0.25, -0.2) is 0 Å². The molecule has 1 aromatic carbocycles. The van der Waals surface area contributed by atoms with Gasteiger partial charge in [-0.05, 0) is 19.8 Å². The third-order valence-electron chi connectivity index (χ3n) is 4.68. The van der Waals surface area contributed by atoms with E-state index >= 15 is 0 Å². The normalized spacial score (nSPS) is 15.7. The number of likely N-dealkylation sites (tertiary alicyclic amines) is 1. The van der Waals surface area contributed by atoms with Crippen LogP contribution >= 0.6 is 11.8 Å². The topological polar surface area (TPSA) is 51.0 Å². The van der Waals surface area contributed by atoms with Crippen molar-refractivity contribution in [1.82, 2.24) is 19.7 Å². The molecule has 0 bridgehead atoms. The van der Waals surface area contributed by atoms with Crippen molar-refractivity contribution in [3.8, 4) is 11.4 Å². The van der Waals surface area contributed by atoms with E-state index < -0.39 is 0 Å². The average Bonchev–Trinajstić information content (AvgIpc) is 2.94. The second-order valence-electron chi connectivity index (χ2n) is 6.67. The summed E-state index contributed by atoms with van der Waals surface area (Å²) in [6.07, 6.45) is 6.02. The Morgan fingerprint density at radius 3 is 2.36 bits per heavy atom. The molecule has 3 rings (SSSR count). The van der Waals surface area contributed by atoms with Crippen LogP contribution in [0.4, 0.5) is 0 Å². The first-order valence-electron chi connectivity index (χ1n) is 9.02. The molecule has 134 valence electrons. The molecule has 2 aromatic rings. The van der Waals surface area contributed by atoms with E-state index in [-0.39, 0.29) is 5.91 Å². The van der Waals surface area contributed by atoms with Crippen LogP contribution in [0.2, 0.25) is 0 Å². The summed E-state index contributed by atoms with van der Waals surface area (Å²) in [6, 6.07) is 8.25. The Bertz CT molecular complexity index is 703. The molecular weight excluding hydrogens is 332 g/mol. The van der Waals surface area contributed by atoms with Crippen LogP contribution in [0, 0.1) is 6.92 Å². The molecule has 0 N–H and O–H groups in total. The van der Waals surface area contributed by atoms with E-state index in [0.717, 1.165) is 42.5 Å². The molecule has 1 fully saturated rings. The Morgan fingerprint density at radius 2 is 1.68 bits per heavy atom. The lowest BCUT2D eigenvalue weighted by Crippen LogP contribution is -2.35. The van der Waals surface area contributed by atoms with Gasteiger partial charge >= 0.3 is 0 Å². The predicted molar refractivity (Wildman–Crippen MR) is 102 cm³/mol. The Kier molecular flexibility index (Phi) is 6.13. The van der Waals surface area contributed by atoms with E-state index in [1.54, 1.807) is 0 Å². The van der Waals surface area contributed by atoms with Crippen molar-refractivity contribution < 1.29 is 4.79 Å². The van der Waals surface area contributed by atoms with E-state index in [1.807, 2.05) is 16.5 Å². The highest BCUT2D eigenvalue weighted by molar-refractivity contribution is 7.99. The van der Waals surface area contributed by atoms with Crippen molar-refractivity contribution in [3.63, 3.8) is 0 Å². The minimum absolute atomic E-state index is 0.215. The molecular formula is C19H26N4OS. The lowest BCUT2D eigenvalue weighted by Gasteiger charge is -2.24. The van der Waals surface area contributed by atoms with Crippen molar-refractivity contribution in [1.29, 1.82) is 0 Å². The summed E-state index contributed by atoms with van der Waals surface area (Å²) in [5.41, 5.74) is 2.27. The second-order valence-corrected chi connectivity index (χ2v) is 7.61. The maximum atomic E-state index is 12.5. The van der Waals surface area contributed by atoms with Crippen molar-refractivity contribution in [2.45, 2.75) is 44.2 Å². The Labute approximate surface area is 153 Å². The van der Waals surface area contributed by atoms with Gasteiger partial charge in [0.2, 0.25) is 5.91 Å². The fraction of sp³-hybridized carbons (Fsp3) is 0.526. The molecule has 25 heavy (non-hydrogen) atoms. The van der Waals surface area contributed by atoms with Crippen molar-refractivity contribution >= 4 is 17.7 Å². The largest absolute Gasteiger partial charge is 0.342 e. The highest BCUT2D eigenvalue weighted by Crippen LogP contribution is 2.23. The van der Waals surface area contributed by atoms with E-state index in [4.69, 9.17) is 0 Å². The van der Waals surface area contributed by atoms with E-state index in [9.17, 15) is 4.79 Å². The maximum absolute atomic E-state index is 12.5. The third-order valence-corrected chi connectivity index (χ3v) is 5.68. The van der Waals surface area contributed by atoms with Crippen molar-refractivity contribution in [3.05, 3.63) is 29.8 Å². The number of rotatable bonds is 4. The van der Waals surface area contributed by atoms with Gasteiger partial charge in [0, 0.05) is 25.7 Å². The zero-order chi connectivity index (χ0) is 17.6. The summed E-state index contributed by atoms with van der Waals surface area (Å²) in [6.45, 7) is 3.86. The first kappa shape index (κ1) is 18.0. The summed E-state index contributed by atoms with van der Waals surface area (Å²) in [7, 11) is 1.96. The number of aromatic nitrogens is 3. The van der Waals surface area contributed by atoms with Crippen LogP contribution in [-0.4, -0.2) is 44.4 Å². The average molecular weight is 359 g/mol. The van der Waals surface area contributed by atoms with Crippen LogP contribution in [0.3, 0.4) is 0 Å². The summed E-state index contributed by atoms with van der Waals surface area (Å²) < 4.78 is 1.97. The summed E-state index contributed by atoms with van der Waals surface area (Å²) in [4.78, 5) is 14.5. The number of aryl methyl sites for hydroxylation is 1. The predicted octanol–water partition coefficient (Wildman–Crippen LogP) is 3.68. The maximum Gasteiger partial charge on any atom is 0.233 e. The van der Waals surface area contributed by atoms with Gasteiger partial charge in [0.05, 0.1) is 5.75 Å². The van der Waals surface area contributed by atoms with E-state index in [2.05, 4.69) is 41.4 Å². The van der Waals surface area contributed by atoms with E-state index in [0.29, 0.717) is 5.75 Å². The zero-order valence-corrected chi connectivity index (χ0v) is 15.9. The van der Waals surface area contributed by atoms with Crippen LogP contribution in [0.1, 0.15) is 37.7 Å².